The number of nitrogens with zero attached hydrogens (tertiary/aromatic N) is 1. The summed E-state index contributed by atoms with van der Waals surface area (Å²) in [6.45, 7) is 10.1. The molecule has 13 heavy (non-hydrogen) atoms. The molecule has 1 heterocycles. The van der Waals surface area contributed by atoms with E-state index in [1.807, 2.05) is 0 Å². The second kappa shape index (κ2) is 2.75. The predicted molar refractivity (Wildman–Crippen MR) is 57.6 cm³/mol. The largest absolute Gasteiger partial charge is 0.334 e. The van der Waals surface area contributed by atoms with Crippen molar-refractivity contribution >= 4 is 7.41 Å². The molecule has 2 heteroatoms. The van der Waals surface area contributed by atoms with Crippen LogP contribution >= 0.6 is 0 Å². The molecule has 0 aromatic carbocycles. The highest BCUT2D eigenvalue weighted by atomic mass is 15.1. The van der Waals surface area contributed by atoms with E-state index in [1.54, 1.807) is 0 Å². The van der Waals surface area contributed by atoms with Gasteiger partial charge in [0.15, 0.2) is 0 Å². The van der Waals surface area contributed by atoms with Crippen molar-refractivity contribution in [1.29, 1.82) is 0 Å². The van der Waals surface area contributed by atoms with Gasteiger partial charge in [-0.25, -0.2) is 0 Å². The van der Waals surface area contributed by atoms with Crippen LogP contribution in [0.15, 0.2) is 22.7 Å². The second-order valence-corrected chi connectivity index (χ2v) is 5.15. The minimum absolute atomic E-state index is 0.270. The third-order valence-electron chi connectivity index (χ3n) is 2.82. The maximum absolute atomic E-state index is 2.43. The average molecular weight is 174 g/mol. The molecular weight excluding hydrogens is 157 g/mol. The molecule has 0 atom stereocenters. The smallest absolute Gasteiger partial charge is 0.244 e. The van der Waals surface area contributed by atoms with Crippen molar-refractivity contribution in [2.45, 2.75) is 39.7 Å². The van der Waals surface area contributed by atoms with Crippen molar-refractivity contribution in [3.8, 4) is 0 Å². The van der Waals surface area contributed by atoms with E-state index in [-0.39, 0.29) is 5.54 Å². The van der Waals surface area contributed by atoms with Crippen molar-refractivity contribution in [3.05, 3.63) is 22.7 Å². The van der Waals surface area contributed by atoms with Gasteiger partial charge >= 0.3 is 0 Å². The van der Waals surface area contributed by atoms with Crippen LogP contribution < -0.4 is 0 Å². The molecule has 2 rings (SSSR count). The van der Waals surface area contributed by atoms with Crippen LogP contribution in [0.2, 0.25) is 0 Å². The molecule has 0 unspecified atom stereocenters. The van der Waals surface area contributed by atoms with Gasteiger partial charge in [-0.3, -0.25) is 0 Å². The number of hydrogen-bond donors (Lipinski definition) is 0. The van der Waals surface area contributed by atoms with E-state index in [0.717, 1.165) is 6.54 Å². The second-order valence-electron chi connectivity index (χ2n) is 5.15. The SMILES string of the molecule is CC1=CC2=C([B]N(C(C)(C)C)C2)C1. The van der Waals surface area contributed by atoms with E-state index in [1.165, 1.54) is 23.0 Å². The van der Waals surface area contributed by atoms with Gasteiger partial charge in [0.05, 0.1) is 0 Å². The van der Waals surface area contributed by atoms with Crippen molar-refractivity contribution in [2.24, 2.45) is 0 Å². The first-order chi connectivity index (χ1) is 5.97. The summed E-state index contributed by atoms with van der Waals surface area (Å²) < 4.78 is 0. The van der Waals surface area contributed by atoms with Crippen LogP contribution in [0.1, 0.15) is 34.1 Å². The standard InChI is InChI=1S/C11H17BN/c1-8-5-9-7-13(11(2,3)4)12-10(9)6-8/h5H,6-7H2,1-4H3. The lowest BCUT2D eigenvalue weighted by molar-refractivity contribution is 0.280. The number of allylic oxidation sites excluding steroid dienone is 2. The van der Waals surface area contributed by atoms with Gasteiger partial charge in [0.25, 0.3) is 0 Å². The predicted octanol–water partition coefficient (Wildman–Crippen LogP) is 2.32. The van der Waals surface area contributed by atoms with Gasteiger partial charge in [0.1, 0.15) is 0 Å². The van der Waals surface area contributed by atoms with Gasteiger partial charge in [-0.15, -0.1) is 0 Å². The fraction of sp³-hybridized carbons (Fsp3) is 0.636. The van der Waals surface area contributed by atoms with E-state index in [2.05, 4.69) is 46.0 Å². The molecule has 0 aromatic heterocycles. The minimum Gasteiger partial charge on any atom is -0.334 e. The summed E-state index contributed by atoms with van der Waals surface area (Å²) in [6.07, 6.45) is 3.51. The summed E-state index contributed by atoms with van der Waals surface area (Å²) in [7, 11) is 2.34. The topological polar surface area (TPSA) is 3.24 Å². The lowest BCUT2D eigenvalue weighted by atomic mass is 9.78. The van der Waals surface area contributed by atoms with Crippen LogP contribution in [0.3, 0.4) is 0 Å². The Morgan fingerprint density at radius 3 is 2.62 bits per heavy atom. The van der Waals surface area contributed by atoms with E-state index < -0.39 is 0 Å². The Bertz CT molecular complexity index is 294. The monoisotopic (exact) mass is 174 g/mol. The number of rotatable bonds is 0. The van der Waals surface area contributed by atoms with Gasteiger partial charge in [0, 0.05) is 12.1 Å². The Hall–Kier alpha value is -0.495. The van der Waals surface area contributed by atoms with Gasteiger partial charge < -0.3 is 4.81 Å². The molecule has 0 fully saturated rings. The lowest BCUT2D eigenvalue weighted by Crippen LogP contribution is -2.42. The van der Waals surface area contributed by atoms with Crippen LogP contribution in [0.4, 0.5) is 0 Å². The van der Waals surface area contributed by atoms with E-state index >= 15 is 0 Å². The molecular formula is C11H17BN. The number of hydrogen-bond acceptors (Lipinski definition) is 1. The average Bonchev–Trinajstić information content (AvgIpc) is 2.40. The maximum atomic E-state index is 2.43. The van der Waals surface area contributed by atoms with Crippen LogP contribution in [-0.4, -0.2) is 24.3 Å². The fourth-order valence-corrected chi connectivity index (χ4v) is 1.98. The lowest BCUT2D eigenvalue weighted by Gasteiger charge is -2.32. The van der Waals surface area contributed by atoms with Gasteiger partial charge in [-0.1, -0.05) is 17.1 Å². The molecule has 1 aliphatic heterocycles. The molecule has 1 nitrogen and oxygen atoms in total. The van der Waals surface area contributed by atoms with E-state index in [0.29, 0.717) is 0 Å². The van der Waals surface area contributed by atoms with Crippen LogP contribution in [0.5, 0.6) is 0 Å². The minimum atomic E-state index is 0.270. The quantitative estimate of drug-likeness (QED) is 0.509. The van der Waals surface area contributed by atoms with Crippen molar-refractivity contribution in [1.82, 2.24) is 4.81 Å². The molecule has 2 aliphatic rings. The molecule has 0 saturated carbocycles. The normalized spacial score (nSPS) is 23.2. The highest BCUT2D eigenvalue weighted by Crippen LogP contribution is 2.32. The van der Waals surface area contributed by atoms with Gasteiger partial charge in [-0.2, -0.15) is 0 Å². The first-order valence-electron chi connectivity index (χ1n) is 4.97. The molecule has 0 aromatic rings. The Labute approximate surface area is 81.8 Å². The summed E-state index contributed by atoms with van der Waals surface area (Å²) in [5.41, 5.74) is 4.85. The van der Waals surface area contributed by atoms with E-state index in [4.69, 9.17) is 0 Å². The first-order valence-corrected chi connectivity index (χ1v) is 4.97. The molecule has 0 N–H and O–H groups in total. The summed E-state index contributed by atoms with van der Waals surface area (Å²) in [5, 5.41) is 0. The Morgan fingerprint density at radius 1 is 1.38 bits per heavy atom. The zero-order valence-corrected chi connectivity index (χ0v) is 9.02. The summed E-state index contributed by atoms with van der Waals surface area (Å²) in [4.78, 5) is 2.43. The Kier molecular flexibility index (Phi) is 1.92. The van der Waals surface area contributed by atoms with Crippen LogP contribution in [0, 0.1) is 0 Å². The Balaban J connectivity index is 2.09. The molecule has 0 bridgehead atoms. The van der Waals surface area contributed by atoms with E-state index in [9.17, 15) is 0 Å². The molecule has 1 radical (unpaired) electrons. The zero-order chi connectivity index (χ0) is 9.64. The zero-order valence-electron chi connectivity index (χ0n) is 9.02. The Morgan fingerprint density at radius 2 is 2.08 bits per heavy atom. The third kappa shape index (κ3) is 1.60. The first kappa shape index (κ1) is 9.08. The van der Waals surface area contributed by atoms with Crippen molar-refractivity contribution in [2.75, 3.05) is 6.54 Å². The molecule has 0 spiro atoms. The highest BCUT2D eigenvalue weighted by Gasteiger charge is 2.31. The highest BCUT2D eigenvalue weighted by molar-refractivity contribution is 6.44. The van der Waals surface area contributed by atoms with Crippen molar-refractivity contribution < 1.29 is 0 Å². The molecule has 0 amide bonds. The molecule has 1 aliphatic carbocycles. The summed E-state index contributed by atoms with van der Waals surface area (Å²) in [5.74, 6) is 0. The fourth-order valence-electron chi connectivity index (χ4n) is 1.98. The van der Waals surface area contributed by atoms with Gasteiger partial charge in [-0.05, 0) is 39.7 Å². The summed E-state index contributed by atoms with van der Waals surface area (Å²) in [6, 6.07) is 0. The van der Waals surface area contributed by atoms with Crippen LogP contribution in [-0.2, 0) is 0 Å². The van der Waals surface area contributed by atoms with Gasteiger partial charge in [0.2, 0.25) is 7.41 Å². The third-order valence-corrected chi connectivity index (χ3v) is 2.82. The van der Waals surface area contributed by atoms with Crippen molar-refractivity contribution in [3.63, 3.8) is 0 Å². The molecule has 69 valence electrons. The maximum Gasteiger partial charge on any atom is 0.244 e. The van der Waals surface area contributed by atoms with Crippen LogP contribution in [0.25, 0.3) is 0 Å². The molecule has 0 saturated heterocycles. The summed E-state index contributed by atoms with van der Waals surface area (Å²) >= 11 is 0.